The van der Waals surface area contributed by atoms with Gasteiger partial charge in [0.25, 0.3) is 0 Å². The number of rotatable bonds is 2. The van der Waals surface area contributed by atoms with E-state index in [1.165, 1.54) is 10.4 Å². The molecule has 1 unspecified atom stereocenters. The summed E-state index contributed by atoms with van der Waals surface area (Å²) in [4.78, 5) is 11.6. The van der Waals surface area contributed by atoms with Crippen LogP contribution in [0.2, 0.25) is 0 Å². The summed E-state index contributed by atoms with van der Waals surface area (Å²) in [6.07, 6.45) is 0.985. The quantitative estimate of drug-likeness (QED) is 0.598. The first-order valence-corrected chi connectivity index (χ1v) is 4.13. The Kier molecular flexibility index (Phi) is 2.22. The van der Waals surface area contributed by atoms with Gasteiger partial charge in [0, 0.05) is 10.8 Å². The number of carbonyl (C=O) groups excluding carboxylic acids is 1. The number of hydrogen-bond donors (Lipinski definition) is 0. The lowest BCUT2D eigenvalue weighted by Gasteiger charge is -1.99. The van der Waals surface area contributed by atoms with Gasteiger partial charge in [-0.15, -0.1) is 11.3 Å². The van der Waals surface area contributed by atoms with E-state index in [1.807, 2.05) is 25.3 Å². The fourth-order valence-electron chi connectivity index (χ4n) is 0.913. The van der Waals surface area contributed by atoms with Crippen LogP contribution >= 0.6 is 11.3 Å². The van der Waals surface area contributed by atoms with E-state index in [9.17, 15) is 4.79 Å². The van der Waals surface area contributed by atoms with Crippen LogP contribution in [0.5, 0.6) is 0 Å². The second kappa shape index (κ2) is 2.97. The van der Waals surface area contributed by atoms with Crippen LogP contribution in [0.15, 0.2) is 11.4 Å². The zero-order valence-corrected chi connectivity index (χ0v) is 6.94. The van der Waals surface area contributed by atoms with E-state index in [4.69, 9.17) is 0 Å². The third-order valence-electron chi connectivity index (χ3n) is 1.52. The van der Waals surface area contributed by atoms with Crippen molar-refractivity contribution in [2.24, 2.45) is 0 Å². The fraction of sp³-hybridized carbons (Fsp3) is 0.375. The molecule has 54 valence electrons. The lowest BCUT2D eigenvalue weighted by Crippen LogP contribution is -1.91. The van der Waals surface area contributed by atoms with E-state index < -0.39 is 0 Å². The molecular formula is C8H10OS. The second-order valence-electron chi connectivity index (χ2n) is 2.39. The van der Waals surface area contributed by atoms with E-state index in [0.717, 1.165) is 6.29 Å². The fourth-order valence-corrected chi connectivity index (χ4v) is 1.86. The number of aryl methyl sites for hydroxylation is 1. The highest BCUT2D eigenvalue weighted by atomic mass is 32.1. The molecule has 0 aliphatic carbocycles. The Morgan fingerprint density at radius 1 is 1.70 bits per heavy atom. The molecule has 1 rings (SSSR count). The topological polar surface area (TPSA) is 17.1 Å². The number of hydrogen-bond acceptors (Lipinski definition) is 2. The van der Waals surface area contributed by atoms with Crippen molar-refractivity contribution in [1.29, 1.82) is 0 Å². The average molecular weight is 154 g/mol. The summed E-state index contributed by atoms with van der Waals surface area (Å²) in [5.74, 6) is 0.0694. The standard InChI is InChI=1S/C8H10OS/c1-6-3-4-10-8(6)7(2)5-9/h3-5,7H,1-2H3. The maximum absolute atomic E-state index is 10.4. The van der Waals surface area contributed by atoms with Crippen molar-refractivity contribution in [3.05, 3.63) is 21.9 Å². The summed E-state index contributed by atoms with van der Waals surface area (Å²) in [7, 11) is 0. The highest BCUT2D eigenvalue weighted by Gasteiger charge is 2.06. The van der Waals surface area contributed by atoms with Gasteiger partial charge < -0.3 is 4.79 Å². The highest BCUT2D eigenvalue weighted by Crippen LogP contribution is 2.23. The Hall–Kier alpha value is -0.630. The lowest BCUT2D eigenvalue weighted by atomic mass is 10.1. The van der Waals surface area contributed by atoms with Crippen molar-refractivity contribution in [3.63, 3.8) is 0 Å². The van der Waals surface area contributed by atoms with Crippen molar-refractivity contribution in [2.45, 2.75) is 19.8 Å². The first-order chi connectivity index (χ1) is 4.75. The molecule has 1 heterocycles. The molecular weight excluding hydrogens is 144 g/mol. The Balaban J connectivity index is 2.92. The van der Waals surface area contributed by atoms with Gasteiger partial charge in [0.2, 0.25) is 0 Å². The first kappa shape index (κ1) is 7.48. The minimum absolute atomic E-state index is 0.0694. The smallest absolute Gasteiger partial charge is 0.128 e. The Bertz CT molecular complexity index is 227. The van der Waals surface area contributed by atoms with E-state index in [-0.39, 0.29) is 5.92 Å². The minimum atomic E-state index is 0.0694. The number of carbonyl (C=O) groups is 1. The van der Waals surface area contributed by atoms with Crippen LogP contribution in [0.25, 0.3) is 0 Å². The van der Waals surface area contributed by atoms with Crippen molar-refractivity contribution in [3.8, 4) is 0 Å². The Morgan fingerprint density at radius 2 is 2.40 bits per heavy atom. The molecule has 1 aromatic rings. The Labute approximate surface area is 64.7 Å². The van der Waals surface area contributed by atoms with Crippen LogP contribution in [0.4, 0.5) is 0 Å². The number of thiophene rings is 1. The summed E-state index contributed by atoms with van der Waals surface area (Å²) in [5.41, 5.74) is 1.23. The van der Waals surface area contributed by atoms with E-state index in [0.29, 0.717) is 0 Å². The summed E-state index contributed by atoms with van der Waals surface area (Å²) in [6, 6.07) is 2.04. The molecule has 0 bridgehead atoms. The molecule has 0 aromatic carbocycles. The van der Waals surface area contributed by atoms with Gasteiger partial charge in [-0.3, -0.25) is 0 Å². The molecule has 0 aliphatic heterocycles. The predicted octanol–water partition coefficient (Wildman–Crippen LogP) is 2.36. The van der Waals surface area contributed by atoms with Crippen molar-refractivity contribution < 1.29 is 4.79 Å². The average Bonchev–Trinajstić information content (AvgIpc) is 2.34. The molecule has 0 fully saturated rings. The van der Waals surface area contributed by atoms with Crippen LogP contribution in [-0.2, 0) is 4.79 Å². The molecule has 1 nitrogen and oxygen atoms in total. The van der Waals surface area contributed by atoms with Crippen molar-refractivity contribution >= 4 is 17.6 Å². The van der Waals surface area contributed by atoms with Crippen molar-refractivity contribution in [1.82, 2.24) is 0 Å². The zero-order chi connectivity index (χ0) is 7.56. The molecule has 0 aliphatic rings. The van der Waals surface area contributed by atoms with Gasteiger partial charge in [0.05, 0.1) is 0 Å². The van der Waals surface area contributed by atoms with Crippen LogP contribution < -0.4 is 0 Å². The molecule has 0 spiro atoms. The molecule has 0 saturated heterocycles. The molecule has 1 atom stereocenters. The molecule has 0 saturated carbocycles. The zero-order valence-electron chi connectivity index (χ0n) is 6.13. The molecule has 1 aromatic heterocycles. The van der Waals surface area contributed by atoms with Crippen molar-refractivity contribution in [2.75, 3.05) is 0 Å². The van der Waals surface area contributed by atoms with Gasteiger partial charge >= 0.3 is 0 Å². The van der Waals surface area contributed by atoms with Crippen LogP contribution in [0, 0.1) is 6.92 Å². The predicted molar refractivity (Wildman–Crippen MR) is 43.5 cm³/mol. The molecule has 2 heteroatoms. The molecule has 0 radical (unpaired) electrons. The maximum atomic E-state index is 10.4. The second-order valence-corrected chi connectivity index (χ2v) is 3.34. The van der Waals surface area contributed by atoms with E-state index >= 15 is 0 Å². The van der Waals surface area contributed by atoms with Gasteiger partial charge in [0.1, 0.15) is 6.29 Å². The van der Waals surface area contributed by atoms with Crippen LogP contribution in [0.1, 0.15) is 23.3 Å². The Morgan fingerprint density at radius 3 is 2.80 bits per heavy atom. The van der Waals surface area contributed by atoms with Gasteiger partial charge in [-0.25, -0.2) is 0 Å². The van der Waals surface area contributed by atoms with E-state index in [2.05, 4.69) is 0 Å². The normalized spacial score (nSPS) is 13.0. The summed E-state index contributed by atoms with van der Waals surface area (Å²) in [5, 5.41) is 2.02. The largest absolute Gasteiger partial charge is 0.303 e. The summed E-state index contributed by atoms with van der Waals surface area (Å²) >= 11 is 1.65. The summed E-state index contributed by atoms with van der Waals surface area (Å²) in [6.45, 7) is 3.96. The van der Waals surface area contributed by atoms with Gasteiger partial charge in [0.15, 0.2) is 0 Å². The third kappa shape index (κ3) is 1.27. The van der Waals surface area contributed by atoms with Gasteiger partial charge in [-0.2, -0.15) is 0 Å². The first-order valence-electron chi connectivity index (χ1n) is 3.25. The SMILES string of the molecule is Cc1ccsc1C(C)C=O. The maximum Gasteiger partial charge on any atom is 0.128 e. The third-order valence-corrected chi connectivity index (χ3v) is 2.74. The molecule has 0 N–H and O–H groups in total. The number of aldehydes is 1. The highest BCUT2D eigenvalue weighted by molar-refractivity contribution is 7.10. The van der Waals surface area contributed by atoms with E-state index in [1.54, 1.807) is 11.3 Å². The molecule has 10 heavy (non-hydrogen) atoms. The summed E-state index contributed by atoms with van der Waals surface area (Å²) < 4.78 is 0. The van der Waals surface area contributed by atoms with Gasteiger partial charge in [-0.05, 0) is 23.9 Å². The lowest BCUT2D eigenvalue weighted by molar-refractivity contribution is -0.108. The minimum Gasteiger partial charge on any atom is -0.303 e. The van der Waals surface area contributed by atoms with Crippen LogP contribution in [-0.4, -0.2) is 6.29 Å². The van der Waals surface area contributed by atoms with Gasteiger partial charge in [-0.1, -0.05) is 6.92 Å². The monoisotopic (exact) mass is 154 g/mol. The van der Waals surface area contributed by atoms with Crippen LogP contribution in [0.3, 0.4) is 0 Å². The molecule has 0 amide bonds.